The van der Waals surface area contributed by atoms with Gasteiger partial charge >= 0.3 is 0 Å². The predicted molar refractivity (Wildman–Crippen MR) is 300 cm³/mol. The Kier molecular flexibility index (Phi) is 43.5. The fourth-order valence-electron chi connectivity index (χ4n) is 10.1. The molecule has 0 saturated carbocycles. The van der Waals surface area contributed by atoms with Gasteiger partial charge in [0.2, 0.25) is 5.91 Å². The highest BCUT2D eigenvalue weighted by molar-refractivity contribution is 5.76. The van der Waals surface area contributed by atoms with Crippen molar-refractivity contribution in [2.75, 3.05) is 19.8 Å². The van der Waals surface area contributed by atoms with Crippen molar-refractivity contribution in [1.82, 2.24) is 5.32 Å². The van der Waals surface area contributed by atoms with Crippen LogP contribution in [0.3, 0.4) is 0 Å². The lowest BCUT2D eigenvalue weighted by Crippen LogP contribution is -2.65. The van der Waals surface area contributed by atoms with Crippen molar-refractivity contribution in [2.45, 2.75) is 325 Å². The summed E-state index contributed by atoms with van der Waals surface area (Å²) in [6.45, 7) is 2.80. The summed E-state index contributed by atoms with van der Waals surface area (Å²) in [6, 6.07) is -0.913. The van der Waals surface area contributed by atoms with Crippen LogP contribution in [-0.2, 0) is 23.7 Å². The lowest BCUT2D eigenvalue weighted by Gasteiger charge is -2.46. The first kappa shape index (κ1) is 69.3. The van der Waals surface area contributed by atoms with E-state index in [4.69, 9.17) is 18.9 Å². The summed E-state index contributed by atoms with van der Waals surface area (Å²) < 4.78 is 22.8. The lowest BCUT2D eigenvalue weighted by molar-refractivity contribution is -0.359. The van der Waals surface area contributed by atoms with Crippen molar-refractivity contribution < 1.29 is 64.6 Å². The van der Waals surface area contributed by atoms with Crippen LogP contribution in [0.15, 0.2) is 36.5 Å². The number of unbranched alkanes of at least 4 members (excludes halogenated alkanes) is 32. The zero-order chi connectivity index (χ0) is 54.6. The van der Waals surface area contributed by atoms with Gasteiger partial charge in [-0.3, -0.25) is 4.79 Å². The molecule has 0 bridgehead atoms. The number of aliphatic hydroxyl groups excluding tert-OH is 8. The highest BCUT2D eigenvalue weighted by atomic mass is 16.7. The highest BCUT2D eigenvalue weighted by Gasteiger charge is 2.51. The Bertz CT molecular complexity index is 1400. The maximum atomic E-state index is 13.3. The largest absolute Gasteiger partial charge is 0.394 e. The van der Waals surface area contributed by atoms with E-state index in [0.29, 0.717) is 6.42 Å². The third kappa shape index (κ3) is 32.8. The molecule has 12 unspecified atom stereocenters. The summed E-state index contributed by atoms with van der Waals surface area (Å²) in [5, 5.41) is 87.1. The number of carbonyl (C=O) groups is 1. The van der Waals surface area contributed by atoms with E-state index in [2.05, 4.69) is 43.5 Å². The number of rotatable bonds is 49. The molecule has 0 aromatic heterocycles. The van der Waals surface area contributed by atoms with Gasteiger partial charge in [-0.05, 0) is 51.4 Å². The third-order valence-corrected chi connectivity index (χ3v) is 15.1. The minimum atomic E-state index is -1.79. The number of ether oxygens (including phenoxy) is 4. The molecular weight excluding hydrogens is 955 g/mol. The van der Waals surface area contributed by atoms with Gasteiger partial charge in [-0.1, -0.05) is 230 Å². The van der Waals surface area contributed by atoms with Crippen molar-refractivity contribution in [3.63, 3.8) is 0 Å². The van der Waals surface area contributed by atoms with E-state index in [0.717, 1.165) is 44.9 Å². The summed E-state index contributed by atoms with van der Waals surface area (Å²) >= 11 is 0. The Balaban J connectivity index is 1.70. The first-order valence-corrected chi connectivity index (χ1v) is 30.7. The molecule has 2 rings (SSSR count). The lowest BCUT2D eigenvalue weighted by atomic mass is 9.97. The monoisotopic (exact) mass is 1070 g/mol. The summed E-state index contributed by atoms with van der Waals surface area (Å²) in [6.07, 6.45) is 40.4. The van der Waals surface area contributed by atoms with Crippen molar-refractivity contribution in [3.05, 3.63) is 36.5 Å². The number of carbonyl (C=O) groups excluding carboxylic acids is 1. The summed E-state index contributed by atoms with van der Waals surface area (Å²) in [4.78, 5) is 13.3. The SMILES string of the molecule is CCCCCCC/C=C\C/C=C\CCCCCCCCCCCCCCCCCC(=O)NC(COC1OC(CO)C(OC2OC(CO)C(O)C(O)C2O)C(O)C1O)C(O)/C=C/CCCCCCCCCCCCCC. The molecule has 2 fully saturated rings. The molecular formula is C61H113NO13. The van der Waals surface area contributed by atoms with Gasteiger partial charge in [0.25, 0.3) is 0 Å². The van der Waals surface area contributed by atoms with Crippen LogP contribution >= 0.6 is 0 Å². The van der Waals surface area contributed by atoms with E-state index in [1.165, 1.54) is 180 Å². The van der Waals surface area contributed by atoms with E-state index in [9.17, 15) is 45.6 Å². The molecule has 2 aliphatic heterocycles. The van der Waals surface area contributed by atoms with Crippen molar-refractivity contribution >= 4 is 5.91 Å². The first-order valence-electron chi connectivity index (χ1n) is 30.7. The number of nitrogens with one attached hydrogen (secondary N) is 1. The molecule has 0 aromatic rings. The second-order valence-corrected chi connectivity index (χ2v) is 21.8. The van der Waals surface area contributed by atoms with Crippen molar-refractivity contribution in [3.8, 4) is 0 Å². The molecule has 75 heavy (non-hydrogen) atoms. The van der Waals surface area contributed by atoms with E-state index < -0.39 is 86.8 Å². The molecule has 440 valence electrons. The van der Waals surface area contributed by atoms with Gasteiger partial charge in [-0.15, -0.1) is 0 Å². The fourth-order valence-corrected chi connectivity index (χ4v) is 10.1. The Hall–Kier alpha value is -1.79. The quantitative estimate of drug-likeness (QED) is 0.0204. The van der Waals surface area contributed by atoms with Gasteiger partial charge in [0, 0.05) is 6.42 Å². The van der Waals surface area contributed by atoms with Gasteiger partial charge in [0.15, 0.2) is 12.6 Å². The number of allylic oxidation sites excluding steroid dienone is 5. The Morgan fingerprint density at radius 1 is 0.480 bits per heavy atom. The van der Waals surface area contributed by atoms with Gasteiger partial charge < -0.3 is 65.1 Å². The molecule has 2 heterocycles. The molecule has 0 radical (unpaired) electrons. The normalized spacial score (nSPS) is 25.3. The number of aliphatic hydroxyl groups is 8. The van der Waals surface area contributed by atoms with Crippen LogP contribution in [-0.4, -0.2) is 140 Å². The van der Waals surface area contributed by atoms with E-state index >= 15 is 0 Å². The van der Waals surface area contributed by atoms with E-state index in [-0.39, 0.29) is 18.9 Å². The first-order chi connectivity index (χ1) is 36.6. The van der Waals surface area contributed by atoms with Gasteiger partial charge in [-0.2, -0.15) is 0 Å². The highest BCUT2D eigenvalue weighted by Crippen LogP contribution is 2.30. The van der Waals surface area contributed by atoms with Crippen molar-refractivity contribution in [2.24, 2.45) is 0 Å². The fraction of sp³-hybridized carbons (Fsp3) is 0.885. The average Bonchev–Trinajstić information content (AvgIpc) is 3.41. The van der Waals surface area contributed by atoms with Gasteiger partial charge in [0.1, 0.15) is 48.8 Å². The summed E-state index contributed by atoms with van der Waals surface area (Å²) in [5.74, 6) is -0.238. The van der Waals surface area contributed by atoms with Crippen LogP contribution in [0.2, 0.25) is 0 Å². The Morgan fingerprint density at radius 3 is 1.33 bits per heavy atom. The summed E-state index contributed by atoms with van der Waals surface area (Å²) in [5.41, 5.74) is 0. The van der Waals surface area contributed by atoms with Crippen LogP contribution in [0.5, 0.6) is 0 Å². The van der Waals surface area contributed by atoms with Gasteiger partial charge in [-0.25, -0.2) is 0 Å². The molecule has 14 nitrogen and oxygen atoms in total. The second kappa shape index (κ2) is 47.1. The van der Waals surface area contributed by atoms with Crippen LogP contribution < -0.4 is 5.32 Å². The van der Waals surface area contributed by atoms with Crippen LogP contribution in [0.25, 0.3) is 0 Å². The zero-order valence-electron chi connectivity index (χ0n) is 47.3. The maximum Gasteiger partial charge on any atom is 0.220 e. The molecule has 0 aliphatic carbocycles. The van der Waals surface area contributed by atoms with E-state index in [1.807, 2.05) is 6.08 Å². The minimum Gasteiger partial charge on any atom is -0.394 e. The van der Waals surface area contributed by atoms with Gasteiger partial charge in [0.05, 0.1) is 32.0 Å². The molecule has 9 N–H and O–H groups in total. The predicted octanol–water partition coefficient (Wildman–Crippen LogP) is 10.6. The van der Waals surface area contributed by atoms with Crippen LogP contribution in [0.4, 0.5) is 0 Å². The van der Waals surface area contributed by atoms with E-state index in [1.54, 1.807) is 6.08 Å². The van der Waals surface area contributed by atoms with Crippen LogP contribution in [0.1, 0.15) is 251 Å². The second-order valence-electron chi connectivity index (χ2n) is 21.8. The smallest absolute Gasteiger partial charge is 0.220 e. The number of amides is 1. The molecule has 2 aliphatic rings. The van der Waals surface area contributed by atoms with Crippen molar-refractivity contribution in [1.29, 1.82) is 0 Å². The minimum absolute atomic E-state index is 0.238. The Morgan fingerprint density at radius 2 is 0.880 bits per heavy atom. The molecule has 1 amide bonds. The molecule has 0 aromatic carbocycles. The standard InChI is InChI=1S/C61H113NO13/c1-3-5-7-9-11-13-15-17-19-20-21-22-23-24-25-26-27-28-29-30-31-33-35-37-39-41-43-45-53(66)62-49(50(65)44-42-40-38-36-34-32-18-16-14-12-10-8-6-4-2)48-72-60-58(71)56(69)59(52(47-64)74-60)75-61-57(70)55(68)54(67)51(46-63)73-61/h15,17,20-21,42,44,49-52,54-61,63-65,67-71H,3-14,16,18-19,22-41,43,45-48H2,1-2H3,(H,62,66)/b17-15-,21-20-,44-42+. The topological polar surface area (TPSA) is 228 Å². The zero-order valence-corrected chi connectivity index (χ0v) is 47.3. The Labute approximate surface area is 455 Å². The van der Waals surface area contributed by atoms with Crippen LogP contribution in [0, 0.1) is 0 Å². The number of hydrogen-bond donors (Lipinski definition) is 9. The summed E-state index contributed by atoms with van der Waals surface area (Å²) in [7, 11) is 0. The number of hydrogen-bond acceptors (Lipinski definition) is 13. The molecule has 14 heteroatoms. The maximum absolute atomic E-state index is 13.3. The third-order valence-electron chi connectivity index (χ3n) is 15.1. The molecule has 0 spiro atoms. The molecule has 2 saturated heterocycles. The molecule has 12 atom stereocenters. The average molecular weight is 1070 g/mol.